The number of hydrogen-bond donors (Lipinski definition) is 1. The van der Waals surface area contributed by atoms with E-state index in [1.807, 2.05) is 0 Å². The predicted octanol–water partition coefficient (Wildman–Crippen LogP) is 2.10. The van der Waals surface area contributed by atoms with Crippen molar-refractivity contribution in [2.75, 3.05) is 13.2 Å². The van der Waals surface area contributed by atoms with E-state index in [2.05, 4.69) is 15.9 Å². The van der Waals surface area contributed by atoms with E-state index in [0.717, 1.165) is 0 Å². The number of hydrogen-bond acceptors (Lipinski definition) is 4. The first-order chi connectivity index (χ1) is 8.93. The van der Waals surface area contributed by atoms with Gasteiger partial charge >= 0.3 is 5.97 Å². The first-order valence-corrected chi connectivity index (χ1v) is 8.11. The highest BCUT2D eigenvalue weighted by atomic mass is 79.9. The zero-order valence-corrected chi connectivity index (χ0v) is 12.4. The van der Waals surface area contributed by atoms with Crippen LogP contribution in [0.4, 0.5) is 0 Å². The summed E-state index contributed by atoms with van der Waals surface area (Å²) < 4.78 is 30.3. The van der Waals surface area contributed by atoms with Crippen molar-refractivity contribution in [3.8, 4) is 0 Å². The van der Waals surface area contributed by atoms with Gasteiger partial charge < -0.3 is 9.84 Å². The Kier molecular flexibility index (Phi) is 4.27. The minimum Gasteiger partial charge on any atom is -0.478 e. The Morgan fingerprint density at radius 1 is 1.42 bits per heavy atom. The molecule has 19 heavy (non-hydrogen) atoms. The third-order valence-corrected chi connectivity index (χ3v) is 5.91. The van der Waals surface area contributed by atoms with Crippen LogP contribution < -0.4 is 0 Å². The molecule has 0 bridgehead atoms. The lowest BCUT2D eigenvalue weighted by atomic mass is 10.2. The fourth-order valence-corrected chi connectivity index (χ4v) is 4.09. The average molecular weight is 349 g/mol. The van der Waals surface area contributed by atoms with Gasteiger partial charge in [-0.15, -0.1) is 0 Å². The summed E-state index contributed by atoms with van der Waals surface area (Å²) in [6.07, 6.45) is 1.24. The minimum atomic E-state index is -3.54. The van der Waals surface area contributed by atoms with Crippen molar-refractivity contribution in [3.63, 3.8) is 0 Å². The normalized spacial score (nSPS) is 20.2. The number of sulfone groups is 1. The monoisotopic (exact) mass is 348 g/mol. The molecule has 0 spiro atoms. The van der Waals surface area contributed by atoms with Gasteiger partial charge in [-0.25, -0.2) is 13.2 Å². The SMILES string of the molecule is O=C(O)c1cc(S(=O)(=O)C2CCCOC2)ccc1Br. The molecule has 0 radical (unpaired) electrons. The second-order valence-corrected chi connectivity index (χ2v) is 7.41. The molecule has 1 aliphatic heterocycles. The van der Waals surface area contributed by atoms with Crippen molar-refractivity contribution in [1.82, 2.24) is 0 Å². The molecule has 0 aliphatic carbocycles. The quantitative estimate of drug-likeness (QED) is 0.904. The summed E-state index contributed by atoms with van der Waals surface area (Å²) >= 11 is 3.09. The second-order valence-electron chi connectivity index (χ2n) is 4.33. The van der Waals surface area contributed by atoms with Crippen molar-refractivity contribution in [2.24, 2.45) is 0 Å². The van der Waals surface area contributed by atoms with Gasteiger partial charge in [0.1, 0.15) is 0 Å². The summed E-state index contributed by atoms with van der Waals surface area (Å²) in [4.78, 5) is 11.1. The van der Waals surface area contributed by atoms with Crippen LogP contribution in [0.1, 0.15) is 23.2 Å². The number of carboxylic acid groups (broad SMARTS) is 1. The molecule has 2 rings (SSSR count). The zero-order valence-electron chi connectivity index (χ0n) is 10.0. The fourth-order valence-electron chi connectivity index (χ4n) is 1.99. The van der Waals surface area contributed by atoms with Gasteiger partial charge in [0.25, 0.3) is 0 Å². The summed E-state index contributed by atoms with van der Waals surface area (Å²) in [5.41, 5.74) is -0.0576. The van der Waals surface area contributed by atoms with Crippen LogP contribution in [0.3, 0.4) is 0 Å². The Morgan fingerprint density at radius 2 is 2.16 bits per heavy atom. The van der Waals surface area contributed by atoms with Gasteiger partial charge in [-0.3, -0.25) is 0 Å². The summed E-state index contributed by atoms with van der Waals surface area (Å²) in [5.74, 6) is -1.16. The lowest BCUT2D eigenvalue weighted by Crippen LogP contribution is -2.31. The molecule has 1 fully saturated rings. The van der Waals surface area contributed by atoms with E-state index in [0.29, 0.717) is 23.9 Å². The van der Waals surface area contributed by atoms with Crippen LogP contribution in [0, 0.1) is 0 Å². The van der Waals surface area contributed by atoms with E-state index in [-0.39, 0.29) is 17.1 Å². The number of aromatic carboxylic acids is 1. The molecule has 1 saturated heterocycles. The summed E-state index contributed by atoms with van der Waals surface area (Å²) in [6, 6.07) is 4.05. The van der Waals surface area contributed by atoms with Crippen LogP contribution in [0.15, 0.2) is 27.6 Å². The Hall–Kier alpha value is -0.920. The molecular formula is C12H13BrO5S. The lowest BCUT2D eigenvalue weighted by Gasteiger charge is -2.22. The van der Waals surface area contributed by atoms with Crippen molar-refractivity contribution in [1.29, 1.82) is 0 Å². The van der Waals surface area contributed by atoms with Crippen LogP contribution in [-0.4, -0.2) is 38.0 Å². The van der Waals surface area contributed by atoms with Gasteiger partial charge in [-0.1, -0.05) is 0 Å². The van der Waals surface area contributed by atoms with Gasteiger partial charge in [0, 0.05) is 11.1 Å². The average Bonchev–Trinajstić information content (AvgIpc) is 2.39. The molecule has 0 aromatic heterocycles. The maximum atomic E-state index is 12.4. The highest BCUT2D eigenvalue weighted by molar-refractivity contribution is 9.10. The Morgan fingerprint density at radius 3 is 2.74 bits per heavy atom. The number of halogens is 1. The maximum absolute atomic E-state index is 12.4. The van der Waals surface area contributed by atoms with Gasteiger partial charge in [0.2, 0.25) is 0 Å². The third-order valence-electron chi connectivity index (χ3n) is 3.05. The summed E-state index contributed by atoms with van der Waals surface area (Å²) in [5, 5.41) is 8.42. The van der Waals surface area contributed by atoms with Crippen molar-refractivity contribution >= 4 is 31.7 Å². The second kappa shape index (κ2) is 5.60. The van der Waals surface area contributed by atoms with E-state index in [4.69, 9.17) is 9.84 Å². The number of rotatable bonds is 3. The van der Waals surface area contributed by atoms with E-state index in [9.17, 15) is 13.2 Å². The molecule has 1 atom stereocenters. The molecule has 7 heteroatoms. The largest absolute Gasteiger partial charge is 0.478 e. The maximum Gasteiger partial charge on any atom is 0.336 e. The van der Waals surface area contributed by atoms with Crippen LogP contribution >= 0.6 is 15.9 Å². The molecular weight excluding hydrogens is 336 g/mol. The zero-order chi connectivity index (χ0) is 14.0. The molecule has 1 aromatic rings. The lowest BCUT2D eigenvalue weighted by molar-refractivity contribution is 0.0695. The third kappa shape index (κ3) is 2.98. The van der Waals surface area contributed by atoms with Crippen molar-refractivity contribution in [3.05, 3.63) is 28.2 Å². The van der Waals surface area contributed by atoms with E-state index >= 15 is 0 Å². The Balaban J connectivity index is 2.40. The van der Waals surface area contributed by atoms with Crippen LogP contribution in [0.25, 0.3) is 0 Å². The molecule has 1 aliphatic rings. The van der Waals surface area contributed by atoms with Gasteiger partial charge in [-0.2, -0.15) is 0 Å². The highest BCUT2D eigenvalue weighted by Crippen LogP contribution is 2.26. The molecule has 1 unspecified atom stereocenters. The molecule has 5 nitrogen and oxygen atoms in total. The Labute approximate surface area is 119 Å². The van der Waals surface area contributed by atoms with E-state index in [1.165, 1.54) is 18.2 Å². The molecule has 0 amide bonds. The molecule has 1 N–H and O–H groups in total. The number of carboxylic acids is 1. The minimum absolute atomic E-state index is 0.0311. The topological polar surface area (TPSA) is 80.7 Å². The van der Waals surface area contributed by atoms with Crippen LogP contribution in [0.2, 0.25) is 0 Å². The summed E-state index contributed by atoms with van der Waals surface area (Å²) in [6.45, 7) is 0.744. The van der Waals surface area contributed by atoms with E-state index < -0.39 is 21.1 Å². The highest BCUT2D eigenvalue weighted by Gasteiger charge is 2.30. The molecule has 1 heterocycles. The number of benzene rings is 1. The fraction of sp³-hybridized carbons (Fsp3) is 0.417. The van der Waals surface area contributed by atoms with Crippen molar-refractivity contribution in [2.45, 2.75) is 23.0 Å². The first-order valence-electron chi connectivity index (χ1n) is 5.77. The molecule has 1 aromatic carbocycles. The Bertz CT molecular complexity index is 590. The van der Waals surface area contributed by atoms with Gasteiger partial charge in [0.15, 0.2) is 9.84 Å². The van der Waals surface area contributed by atoms with Crippen LogP contribution in [0.5, 0.6) is 0 Å². The van der Waals surface area contributed by atoms with Crippen molar-refractivity contribution < 1.29 is 23.1 Å². The summed E-state index contributed by atoms with van der Waals surface area (Å²) in [7, 11) is -3.54. The predicted molar refractivity (Wildman–Crippen MR) is 72.1 cm³/mol. The number of ether oxygens (including phenoxy) is 1. The molecule has 0 saturated carbocycles. The first kappa shape index (κ1) is 14.5. The van der Waals surface area contributed by atoms with Gasteiger partial charge in [0.05, 0.1) is 22.3 Å². The van der Waals surface area contributed by atoms with Crippen LogP contribution in [-0.2, 0) is 14.6 Å². The number of carbonyl (C=O) groups is 1. The van der Waals surface area contributed by atoms with E-state index in [1.54, 1.807) is 0 Å². The van der Waals surface area contributed by atoms with Gasteiger partial charge in [-0.05, 0) is 47.0 Å². The smallest absolute Gasteiger partial charge is 0.336 e. The standard InChI is InChI=1S/C12H13BrO5S/c13-11-4-3-8(6-10(11)12(14)15)19(16,17)9-2-1-5-18-7-9/h3-4,6,9H,1-2,5,7H2,(H,14,15). The molecule has 104 valence electrons.